The van der Waals surface area contributed by atoms with E-state index in [0.717, 1.165) is 6.54 Å². The average Bonchev–Trinajstić information content (AvgIpc) is 2.94. The largest absolute Gasteiger partial charge is 0.481 e. The maximum absolute atomic E-state index is 5.09. The van der Waals surface area contributed by atoms with Gasteiger partial charge in [0.05, 0.1) is 20.3 Å². The second-order valence-electron chi connectivity index (χ2n) is 5.05. The average molecular weight is 237 g/mol. The van der Waals surface area contributed by atoms with Crippen LogP contribution in [0.4, 0.5) is 5.95 Å². The van der Waals surface area contributed by atoms with Gasteiger partial charge >= 0.3 is 0 Å². The third-order valence-electron chi connectivity index (χ3n) is 3.32. The highest BCUT2D eigenvalue weighted by atomic mass is 16.5. The molecule has 1 aliphatic carbocycles. The van der Waals surface area contributed by atoms with Crippen LogP contribution in [0.3, 0.4) is 0 Å². The Hall–Kier alpha value is -1.52. The first-order chi connectivity index (χ1) is 8.05. The molecule has 1 heterocycles. The summed E-state index contributed by atoms with van der Waals surface area (Å²) in [5, 5.41) is 3.23. The molecular weight excluding hydrogens is 218 g/mol. The van der Waals surface area contributed by atoms with Crippen molar-refractivity contribution in [1.29, 1.82) is 0 Å². The lowest BCUT2D eigenvalue weighted by molar-refractivity contribution is 0.372. The second-order valence-corrected chi connectivity index (χ2v) is 5.05. The molecule has 0 saturated heterocycles. The van der Waals surface area contributed by atoms with Crippen molar-refractivity contribution in [2.24, 2.45) is 11.3 Å². The van der Waals surface area contributed by atoms with E-state index < -0.39 is 0 Å². The van der Waals surface area contributed by atoms with E-state index in [1.54, 1.807) is 20.3 Å². The Morgan fingerprint density at radius 2 is 1.82 bits per heavy atom. The molecule has 94 valence electrons. The molecule has 0 spiro atoms. The van der Waals surface area contributed by atoms with Crippen LogP contribution in [0.1, 0.15) is 20.3 Å². The van der Waals surface area contributed by atoms with E-state index in [0.29, 0.717) is 29.0 Å². The van der Waals surface area contributed by atoms with Crippen molar-refractivity contribution < 1.29 is 9.47 Å². The lowest BCUT2D eigenvalue weighted by atomic mass is 10.1. The van der Waals surface area contributed by atoms with Gasteiger partial charge in [-0.3, -0.25) is 0 Å². The van der Waals surface area contributed by atoms with Gasteiger partial charge in [-0.15, -0.1) is 0 Å². The molecule has 0 bridgehead atoms. The Balaban J connectivity index is 2.00. The van der Waals surface area contributed by atoms with E-state index in [1.165, 1.54) is 6.42 Å². The Morgan fingerprint density at radius 1 is 1.29 bits per heavy atom. The zero-order chi connectivity index (χ0) is 12.5. The third-order valence-corrected chi connectivity index (χ3v) is 3.32. The molecule has 0 aliphatic heterocycles. The number of aromatic nitrogens is 2. The van der Waals surface area contributed by atoms with Gasteiger partial charge in [-0.25, -0.2) is 0 Å². The van der Waals surface area contributed by atoms with Crippen LogP contribution in [-0.2, 0) is 0 Å². The summed E-state index contributed by atoms with van der Waals surface area (Å²) in [5.41, 5.74) is 0.454. The Kier molecular flexibility index (Phi) is 3.09. The van der Waals surface area contributed by atoms with Crippen LogP contribution >= 0.6 is 0 Å². The van der Waals surface area contributed by atoms with Crippen LogP contribution in [0.5, 0.6) is 11.8 Å². The van der Waals surface area contributed by atoms with Crippen molar-refractivity contribution in [3.8, 4) is 11.8 Å². The first-order valence-electron chi connectivity index (χ1n) is 5.76. The molecule has 1 N–H and O–H groups in total. The predicted octanol–water partition coefficient (Wildman–Crippen LogP) is 1.95. The van der Waals surface area contributed by atoms with Crippen molar-refractivity contribution in [3.05, 3.63) is 6.07 Å². The summed E-state index contributed by atoms with van der Waals surface area (Å²) in [6, 6.07) is 1.66. The summed E-state index contributed by atoms with van der Waals surface area (Å²) in [7, 11) is 3.16. The van der Waals surface area contributed by atoms with Crippen LogP contribution in [-0.4, -0.2) is 30.7 Å². The monoisotopic (exact) mass is 237 g/mol. The normalized spacial score (nSPS) is 20.8. The lowest BCUT2D eigenvalue weighted by Gasteiger charge is -2.09. The molecule has 17 heavy (non-hydrogen) atoms. The number of anilines is 1. The van der Waals surface area contributed by atoms with Gasteiger partial charge in [0.2, 0.25) is 17.7 Å². The standard InChI is InChI=1S/C12H19N3O2/c1-12(2)6-8(12)7-13-11-14-9(16-3)5-10(15-11)17-4/h5,8H,6-7H2,1-4H3,(H,13,14,15). The molecule has 0 aromatic carbocycles. The number of nitrogens with one attached hydrogen (secondary N) is 1. The van der Waals surface area contributed by atoms with Crippen molar-refractivity contribution >= 4 is 5.95 Å². The van der Waals surface area contributed by atoms with Gasteiger partial charge in [0.1, 0.15) is 0 Å². The second kappa shape index (κ2) is 4.39. The van der Waals surface area contributed by atoms with Crippen LogP contribution in [0.25, 0.3) is 0 Å². The van der Waals surface area contributed by atoms with Gasteiger partial charge in [-0.05, 0) is 17.8 Å². The van der Waals surface area contributed by atoms with E-state index >= 15 is 0 Å². The Morgan fingerprint density at radius 3 is 2.24 bits per heavy atom. The van der Waals surface area contributed by atoms with E-state index in [4.69, 9.17) is 9.47 Å². The van der Waals surface area contributed by atoms with Crippen LogP contribution in [0, 0.1) is 11.3 Å². The van der Waals surface area contributed by atoms with Gasteiger partial charge in [0.15, 0.2) is 0 Å². The summed E-state index contributed by atoms with van der Waals surface area (Å²) in [6.07, 6.45) is 1.25. The molecule has 1 aliphatic rings. The van der Waals surface area contributed by atoms with E-state index in [9.17, 15) is 0 Å². The summed E-state index contributed by atoms with van der Waals surface area (Å²) in [6.45, 7) is 5.43. The molecule has 5 nitrogen and oxygen atoms in total. The molecule has 1 aromatic rings. The number of rotatable bonds is 5. The molecular formula is C12H19N3O2. The predicted molar refractivity (Wildman–Crippen MR) is 65.5 cm³/mol. The maximum atomic E-state index is 5.09. The summed E-state index contributed by atoms with van der Waals surface area (Å²) >= 11 is 0. The SMILES string of the molecule is COc1cc(OC)nc(NCC2CC2(C)C)n1. The molecule has 5 heteroatoms. The number of hydrogen-bond donors (Lipinski definition) is 1. The fraction of sp³-hybridized carbons (Fsp3) is 0.667. The Bertz CT molecular complexity index is 384. The maximum Gasteiger partial charge on any atom is 0.229 e. The van der Waals surface area contributed by atoms with Gasteiger partial charge < -0.3 is 14.8 Å². The number of methoxy groups -OCH3 is 2. The zero-order valence-corrected chi connectivity index (χ0v) is 10.8. The van der Waals surface area contributed by atoms with E-state index in [2.05, 4.69) is 29.1 Å². The Labute approximate surface area is 102 Å². The smallest absolute Gasteiger partial charge is 0.229 e. The van der Waals surface area contributed by atoms with Gasteiger partial charge in [0, 0.05) is 6.54 Å². The molecule has 1 atom stereocenters. The summed E-state index contributed by atoms with van der Waals surface area (Å²) in [4.78, 5) is 8.45. The first kappa shape index (κ1) is 12.0. The minimum Gasteiger partial charge on any atom is -0.481 e. The molecule has 1 unspecified atom stereocenters. The van der Waals surface area contributed by atoms with Gasteiger partial charge in [0.25, 0.3) is 0 Å². The summed E-state index contributed by atoms with van der Waals surface area (Å²) < 4.78 is 10.2. The molecule has 0 amide bonds. The van der Waals surface area contributed by atoms with E-state index in [1.807, 2.05) is 0 Å². The van der Waals surface area contributed by atoms with E-state index in [-0.39, 0.29) is 0 Å². The first-order valence-corrected chi connectivity index (χ1v) is 5.76. The minimum atomic E-state index is 0.454. The third kappa shape index (κ3) is 2.78. The highest BCUT2D eigenvalue weighted by Crippen LogP contribution is 2.51. The van der Waals surface area contributed by atoms with Crippen molar-refractivity contribution in [3.63, 3.8) is 0 Å². The van der Waals surface area contributed by atoms with Crippen LogP contribution in [0.2, 0.25) is 0 Å². The fourth-order valence-electron chi connectivity index (χ4n) is 1.83. The van der Waals surface area contributed by atoms with Gasteiger partial charge in [-0.2, -0.15) is 9.97 Å². The molecule has 1 aromatic heterocycles. The highest BCUT2D eigenvalue weighted by Gasteiger charge is 2.45. The number of nitrogens with zero attached hydrogens (tertiary/aromatic N) is 2. The van der Waals surface area contributed by atoms with Crippen molar-refractivity contribution in [2.75, 3.05) is 26.1 Å². The zero-order valence-electron chi connectivity index (χ0n) is 10.8. The fourth-order valence-corrected chi connectivity index (χ4v) is 1.83. The number of ether oxygens (including phenoxy) is 2. The summed E-state index contributed by atoms with van der Waals surface area (Å²) in [5.74, 6) is 2.27. The highest BCUT2D eigenvalue weighted by molar-refractivity contribution is 5.34. The molecule has 1 fully saturated rings. The topological polar surface area (TPSA) is 56.3 Å². The van der Waals surface area contributed by atoms with Crippen LogP contribution in [0.15, 0.2) is 6.07 Å². The minimum absolute atomic E-state index is 0.454. The van der Waals surface area contributed by atoms with Gasteiger partial charge in [-0.1, -0.05) is 13.8 Å². The molecule has 1 saturated carbocycles. The lowest BCUT2D eigenvalue weighted by Crippen LogP contribution is -2.10. The van der Waals surface area contributed by atoms with Crippen LogP contribution < -0.4 is 14.8 Å². The van der Waals surface area contributed by atoms with Crippen molar-refractivity contribution in [1.82, 2.24) is 9.97 Å². The quantitative estimate of drug-likeness (QED) is 0.848. The molecule has 0 radical (unpaired) electrons. The van der Waals surface area contributed by atoms with Crippen molar-refractivity contribution in [2.45, 2.75) is 20.3 Å². The molecule has 2 rings (SSSR count). The number of hydrogen-bond acceptors (Lipinski definition) is 5.